The van der Waals surface area contributed by atoms with Crippen LogP contribution < -0.4 is 5.73 Å². The lowest BCUT2D eigenvalue weighted by Crippen LogP contribution is -2.21. The summed E-state index contributed by atoms with van der Waals surface area (Å²) in [4.78, 5) is 10.7. The molecule has 4 nitrogen and oxygen atoms in total. The Hall–Kier alpha value is -1.62. The Labute approximate surface area is 79.8 Å². The smallest absolute Gasteiger partial charge is 0.312 e. The molecule has 0 radical (unpaired) electrons. The number of carboxylic acids is 1. The molecule has 0 bridgehead atoms. The molecule has 0 amide bonds. The number of aromatic hydroxyl groups is 1. The lowest BCUT2D eigenvalue weighted by molar-refractivity contribution is -0.138. The van der Waals surface area contributed by atoms with Crippen molar-refractivity contribution in [2.45, 2.75) is 5.92 Å². The van der Waals surface area contributed by atoms with Crippen LogP contribution in [-0.4, -0.2) is 22.7 Å². The number of phenolic OH excluding ortho intramolecular Hbond substituents is 1. The van der Waals surface area contributed by atoms with Gasteiger partial charge in [-0.15, -0.1) is 0 Å². The molecule has 0 aliphatic rings. The van der Waals surface area contributed by atoms with Gasteiger partial charge in [-0.2, -0.15) is 0 Å². The van der Waals surface area contributed by atoms with Crippen LogP contribution in [0.4, 0.5) is 4.39 Å². The van der Waals surface area contributed by atoms with Gasteiger partial charge in [-0.3, -0.25) is 4.79 Å². The van der Waals surface area contributed by atoms with Gasteiger partial charge in [0.2, 0.25) is 0 Å². The molecule has 14 heavy (non-hydrogen) atoms. The Kier molecular flexibility index (Phi) is 3.03. The van der Waals surface area contributed by atoms with E-state index < -0.39 is 23.5 Å². The van der Waals surface area contributed by atoms with Crippen molar-refractivity contribution in [1.82, 2.24) is 0 Å². The first kappa shape index (κ1) is 10.5. The van der Waals surface area contributed by atoms with Gasteiger partial charge >= 0.3 is 5.97 Å². The van der Waals surface area contributed by atoms with E-state index in [1.54, 1.807) is 0 Å². The topological polar surface area (TPSA) is 83.6 Å². The molecule has 1 aromatic carbocycles. The maximum absolute atomic E-state index is 12.6. The predicted molar refractivity (Wildman–Crippen MR) is 47.5 cm³/mol. The van der Waals surface area contributed by atoms with Crippen molar-refractivity contribution in [3.05, 3.63) is 29.6 Å². The molecule has 0 saturated carbocycles. The van der Waals surface area contributed by atoms with Crippen LogP contribution in [0.1, 0.15) is 11.5 Å². The van der Waals surface area contributed by atoms with E-state index in [0.717, 1.165) is 12.1 Å². The molecule has 0 aliphatic heterocycles. The molecule has 5 heteroatoms. The number of aliphatic carboxylic acids is 1. The quantitative estimate of drug-likeness (QED) is 0.667. The van der Waals surface area contributed by atoms with Gasteiger partial charge in [-0.1, -0.05) is 6.07 Å². The summed E-state index contributed by atoms with van der Waals surface area (Å²) in [6.07, 6.45) is 0. The second kappa shape index (κ2) is 4.06. The number of phenols is 1. The van der Waals surface area contributed by atoms with Gasteiger partial charge in [-0.25, -0.2) is 4.39 Å². The minimum atomic E-state index is -1.10. The number of benzene rings is 1. The van der Waals surface area contributed by atoms with Gasteiger partial charge in [0, 0.05) is 6.54 Å². The van der Waals surface area contributed by atoms with Crippen LogP contribution in [0.3, 0.4) is 0 Å². The van der Waals surface area contributed by atoms with E-state index in [1.807, 2.05) is 0 Å². The Morgan fingerprint density at radius 1 is 1.57 bits per heavy atom. The van der Waals surface area contributed by atoms with Crippen LogP contribution >= 0.6 is 0 Å². The maximum atomic E-state index is 12.6. The molecule has 1 aromatic rings. The van der Waals surface area contributed by atoms with Crippen molar-refractivity contribution in [1.29, 1.82) is 0 Å². The van der Waals surface area contributed by atoms with Crippen molar-refractivity contribution in [2.75, 3.05) is 6.54 Å². The van der Waals surface area contributed by atoms with Crippen LogP contribution in [-0.2, 0) is 4.79 Å². The summed E-state index contributed by atoms with van der Waals surface area (Å²) in [5.74, 6) is -3.36. The second-order valence-electron chi connectivity index (χ2n) is 2.84. The van der Waals surface area contributed by atoms with E-state index in [2.05, 4.69) is 0 Å². The van der Waals surface area contributed by atoms with Gasteiger partial charge in [0.25, 0.3) is 0 Å². The first-order valence-corrected chi connectivity index (χ1v) is 3.97. The van der Waals surface area contributed by atoms with Crippen molar-refractivity contribution in [3.8, 4) is 5.75 Å². The summed E-state index contributed by atoms with van der Waals surface area (Å²) in [5.41, 5.74) is 5.53. The summed E-state index contributed by atoms with van der Waals surface area (Å²) in [7, 11) is 0. The fraction of sp³-hybridized carbons (Fsp3) is 0.222. The van der Waals surface area contributed by atoms with Gasteiger partial charge in [0.1, 0.15) is 0 Å². The Bertz CT molecular complexity index is 354. The fourth-order valence-corrected chi connectivity index (χ4v) is 1.13. The molecular formula is C9H10FNO3. The van der Waals surface area contributed by atoms with E-state index >= 15 is 0 Å². The van der Waals surface area contributed by atoms with Crippen molar-refractivity contribution >= 4 is 5.97 Å². The number of carboxylic acid groups (broad SMARTS) is 1. The molecular weight excluding hydrogens is 189 g/mol. The number of hydrogen-bond acceptors (Lipinski definition) is 3. The van der Waals surface area contributed by atoms with E-state index in [1.165, 1.54) is 6.07 Å². The third-order valence-corrected chi connectivity index (χ3v) is 1.91. The summed E-state index contributed by atoms with van der Waals surface area (Å²) < 4.78 is 12.6. The summed E-state index contributed by atoms with van der Waals surface area (Å²) in [5, 5.41) is 17.7. The molecule has 76 valence electrons. The van der Waals surface area contributed by atoms with Gasteiger partial charge in [0.05, 0.1) is 5.92 Å². The number of carbonyl (C=O) groups is 1. The number of hydrogen-bond donors (Lipinski definition) is 3. The van der Waals surface area contributed by atoms with Gasteiger partial charge in [-0.05, 0) is 17.7 Å². The lowest BCUT2D eigenvalue weighted by atomic mass is 9.99. The lowest BCUT2D eigenvalue weighted by Gasteiger charge is -2.10. The monoisotopic (exact) mass is 199 g/mol. The van der Waals surface area contributed by atoms with Crippen LogP contribution in [0.2, 0.25) is 0 Å². The standard InChI is InChI=1S/C9H10FNO3/c10-7-2-1-5(3-8(7)12)6(4-11)9(13)14/h1-3,6,12H,4,11H2,(H,13,14). The molecule has 0 spiro atoms. The average molecular weight is 199 g/mol. The largest absolute Gasteiger partial charge is 0.505 e. The zero-order valence-electron chi connectivity index (χ0n) is 7.27. The zero-order chi connectivity index (χ0) is 10.7. The van der Waals surface area contributed by atoms with E-state index in [-0.39, 0.29) is 6.54 Å². The van der Waals surface area contributed by atoms with Crippen LogP contribution in [0.15, 0.2) is 18.2 Å². The highest BCUT2D eigenvalue weighted by Gasteiger charge is 2.18. The normalized spacial score (nSPS) is 12.4. The first-order valence-electron chi connectivity index (χ1n) is 3.97. The van der Waals surface area contributed by atoms with Gasteiger partial charge < -0.3 is 15.9 Å². The summed E-state index contributed by atoms with van der Waals surface area (Å²) in [6.45, 7) is -0.0968. The SMILES string of the molecule is NCC(C(=O)O)c1ccc(F)c(O)c1. The van der Waals surface area contributed by atoms with Crippen LogP contribution in [0.5, 0.6) is 5.75 Å². The Morgan fingerprint density at radius 2 is 2.21 bits per heavy atom. The van der Waals surface area contributed by atoms with E-state index in [0.29, 0.717) is 5.56 Å². The molecule has 0 fully saturated rings. The highest BCUT2D eigenvalue weighted by molar-refractivity contribution is 5.76. The van der Waals surface area contributed by atoms with Crippen molar-refractivity contribution in [3.63, 3.8) is 0 Å². The summed E-state index contributed by atoms with van der Waals surface area (Å²) in [6, 6.07) is 3.37. The maximum Gasteiger partial charge on any atom is 0.312 e. The molecule has 1 rings (SSSR count). The highest BCUT2D eigenvalue weighted by atomic mass is 19.1. The predicted octanol–water partition coefficient (Wildman–Crippen LogP) is 0.658. The first-order chi connectivity index (χ1) is 6.56. The molecule has 0 heterocycles. The van der Waals surface area contributed by atoms with Gasteiger partial charge in [0.15, 0.2) is 11.6 Å². The Balaban J connectivity index is 3.06. The van der Waals surface area contributed by atoms with Crippen molar-refractivity contribution in [2.24, 2.45) is 5.73 Å². The molecule has 0 aromatic heterocycles. The van der Waals surface area contributed by atoms with Crippen LogP contribution in [0, 0.1) is 5.82 Å². The van der Waals surface area contributed by atoms with E-state index in [4.69, 9.17) is 15.9 Å². The molecule has 4 N–H and O–H groups in total. The second-order valence-corrected chi connectivity index (χ2v) is 2.84. The molecule has 1 unspecified atom stereocenters. The minimum Gasteiger partial charge on any atom is -0.505 e. The third-order valence-electron chi connectivity index (χ3n) is 1.91. The van der Waals surface area contributed by atoms with Crippen LogP contribution in [0.25, 0.3) is 0 Å². The number of rotatable bonds is 3. The fourth-order valence-electron chi connectivity index (χ4n) is 1.13. The molecule has 1 atom stereocenters. The zero-order valence-corrected chi connectivity index (χ0v) is 7.27. The van der Waals surface area contributed by atoms with Crippen molar-refractivity contribution < 1.29 is 19.4 Å². The molecule has 0 aliphatic carbocycles. The number of nitrogens with two attached hydrogens (primary N) is 1. The van der Waals surface area contributed by atoms with E-state index in [9.17, 15) is 9.18 Å². The Morgan fingerprint density at radius 3 is 2.64 bits per heavy atom. The number of halogens is 1. The third kappa shape index (κ3) is 2.00. The highest BCUT2D eigenvalue weighted by Crippen LogP contribution is 2.22. The molecule has 0 saturated heterocycles. The summed E-state index contributed by atoms with van der Waals surface area (Å²) >= 11 is 0. The average Bonchev–Trinajstić information content (AvgIpc) is 2.11. The minimum absolute atomic E-state index is 0.0968.